The van der Waals surface area contributed by atoms with Crippen molar-refractivity contribution in [3.05, 3.63) is 29.0 Å². The quantitative estimate of drug-likeness (QED) is 0.670. The zero-order valence-electron chi connectivity index (χ0n) is 13.3. The van der Waals surface area contributed by atoms with Crippen LogP contribution in [0.25, 0.3) is 11.0 Å². The Bertz CT molecular complexity index is 894. The van der Waals surface area contributed by atoms with E-state index in [1.54, 1.807) is 7.05 Å². The van der Waals surface area contributed by atoms with Crippen LogP contribution in [0.15, 0.2) is 22.8 Å². The first-order chi connectivity index (χ1) is 11.9. The number of fused-ring (bicyclic) bond motifs is 2. The number of hydrogen-bond acceptors (Lipinski definition) is 6. The van der Waals surface area contributed by atoms with E-state index in [-0.39, 0.29) is 46.2 Å². The third-order valence-electron chi connectivity index (χ3n) is 4.64. The Balaban J connectivity index is 1.49. The van der Waals surface area contributed by atoms with Crippen molar-refractivity contribution in [2.45, 2.75) is 18.5 Å². The van der Waals surface area contributed by atoms with Crippen LogP contribution < -0.4 is 10.2 Å². The number of aromatic nitrogens is 2. The van der Waals surface area contributed by atoms with E-state index < -0.39 is 6.04 Å². The maximum atomic E-state index is 12.4. The van der Waals surface area contributed by atoms with E-state index >= 15 is 0 Å². The topological polar surface area (TPSA) is 123 Å². The highest BCUT2D eigenvalue weighted by atomic mass is 16.8. The molecule has 2 saturated heterocycles. The Morgan fingerprint density at radius 3 is 3.04 bits per heavy atom. The van der Waals surface area contributed by atoms with Gasteiger partial charge in [0.2, 0.25) is 22.8 Å². The van der Waals surface area contributed by atoms with Gasteiger partial charge in [0.25, 0.3) is 5.91 Å². The Morgan fingerprint density at radius 1 is 1.44 bits per heavy atom. The molecule has 0 unspecified atom stereocenters. The number of carbonyl (C=O) groups excluding carboxylic acids is 3. The number of nitrogens with zero attached hydrogens (tertiary/aromatic N) is 4. The molecule has 2 aliphatic rings. The first-order valence-electron chi connectivity index (χ1n) is 7.79. The summed E-state index contributed by atoms with van der Waals surface area (Å²) in [6, 6.07) is 3.57. The highest BCUT2D eigenvalue weighted by Crippen LogP contribution is 2.24. The minimum atomic E-state index is -0.519. The van der Waals surface area contributed by atoms with E-state index in [4.69, 9.17) is 0 Å². The zero-order valence-corrected chi connectivity index (χ0v) is 13.3. The van der Waals surface area contributed by atoms with Crippen LogP contribution in [0.3, 0.4) is 0 Å². The molecule has 10 nitrogen and oxygen atoms in total. The van der Waals surface area contributed by atoms with Gasteiger partial charge in [0.1, 0.15) is 6.04 Å². The smallest absolute Gasteiger partial charge is 0.251 e. The fourth-order valence-electron chi connectivity index (χ4n) is 3.36. The molecule has 25 heavy (non-hydrogen) atoms. The van der Waals surface area contributed by atoms with Crippen molar-refractivity contribution in [1.29, 1.82) is 0 Å². The summed E-state index contributed by atoms with van der Waals surface area (Å²) >= 11 is 0. The molecule has 130 valence electrons. The van der Waals surface area contributed by atoms with Gasteiger partial charge in [-0.1, -0.05) is 0 Å². The lowest BCUT2D eigenvalue weighted by atomic mass is 10.1. The summed E-state index contributed by atoms with van der Waals surface area (Å²) in [7, 11) is 1.60. The third kappa shape index (κ3) is 2.46. The van der Waals surface area contributed by atoms with Gasteiger partial charge < -0.3 is 20.3 Å². The van der Waals surface area contributed by atoms with Gasteiger partial charge in [-0.25, -0.2) is 0 Å². The molecular formula is C15H15N5O5. The first-order valence-corrected chi connectivity index (χ1v) is 7.79. The number of carbonyl (C=O) groups is 3. The summed E-state index contributed by atoms with van der Waals surface area (Å²) in [6.07, 6.45) is 0.382. The van der Waals surface area contributed by atoms with Crippen LogP contribution in [-0.2, 0) is 9.59 Å². The van der Waals surface area contributed by atoms with Gasteiger partial charge in [-0.05, 0) is 23.5 Å². The van der Waals surface area contributed by atoms with E-state index in [2.05, 4.69) is 15.1 Å². The lowest BCUT2D eigenvalue weighted by Crippen LogP contribution is -2.55. The van der Waals surface area contributed by atoms with Crippen molar-refractivity contribution in [1.82, 2.24) is 20.3 Å². The predicted molar refractivity (Wildman–Crippen MR) is 82.0 cm³/mol. The summed E-state index contributed by atoms with van der Waals surface area (Å²) in [6.45, 7) is 0.371. The minimum Gasteiger partial charge on any atom is -0.359 e. The highest BCUT2D eigenvalue weighted by Gasteiger charge is 2.44. The first kappa shape index (κ1) is 15.4. The van der Waals surface area contributed by atoms with Crippen molar-refractivity contribution in [2.75, 3.05) is 20.1 Å². The summed E-state index contributed by atoms with van der Waals surface area (Å²) in [5.41, 5.74) is 0.827. The molecular weight excluding hydrogens is 330 g/mol. The van der Waals surface area contributed by atoms with E-state index in [1.807, 2.05) is 0 Å². The largest absolute Gasteiger partial charge is 0.359 e. The molecule has 2 fully saturated rings. The molecule has 1 N–H and O–H groups in total. The minimum absolute atomic E-state index is 0.0635. The van der Waals surface area contributed by atoms with Gasteiger partial charge in [-0.15, -0.1) is 0 Å². The van der Waals surface area contributed by atoms with Gasteiger partial charge >= 0.3 is 0 Å². The van der Waals surface area contributed by atoms with E-state index in [1.165, 1.54) is 28.0 Å². The number of hydrogen-bond donors (Lipinski definition) is 1. The van der Waals surface area contributed by atoms with Crippen LogP contribution in [0.4, 0.5) is 0 Å². The molecule has 0 aliphatic carbocycles. The Kier molecular flexibility index (Phi) is 3.34. The number of piperazine rings is 1. The molecule has 2 aliphatic heterocycles. The fraction of sp³-hybridized carbons (Fsp3) is 0.400. The standard InChI is InChI=1S/C15H15N5O5/c1-18-7-13(21)19-6-9(5-12(19)15(18)23)16-14(22)8-2-3-11-10(4-8)17-25-20(11)24/h2-4,9,12H,5-7H2,1H3,(H,16,22)/t9-,12-/m0/s1. The second-order valence-electron chi connectivity index (χ2n) is 6.30. The summed E-state index contributed by atoms with van der Waals surface area (Å²) in [4.78, 5) is 39.8. The van der Waals surface area contributed by atoms with Gasteiger partial charge in [-0.2, -0.15) is 0 Å². The maximum Gasteiger partial charge on any atom is 0.251 e. The normalized spacial score (nSPS) is 23.2. The van der Waals surface area contributed by atoms with Crippen LogP contribution in [0.2, 0.25) is 0 Å². The molecule has 2 aromatic rings. The summed E-state index contributed by atoms with van der Waals surface area (Å²) in [5, 5.41) is 17.7. The molecule has 3 amide bonds. The van der Waals surface area contributed by atoms with E-state index in [0.717, 1.165) is 0 Å². The number of benzene rings is 1. The van der Waals surface area contributed by atoms with Gasteiger partial charge in [0, 0.05) is 36.4 Å². The van der Waals surface area contributed by atoms with E-state index in [0.29, 0.717) is 18.5 Å². The molecule has 3 heterocycles. The van der Waals surface area contributed by atoms with Crippen molar-refractivity contribution in [3.63, 3.8) is 0 Å². The van der Waals surface area contributed by atoms with Crippen LogP contribution in [0.1, 0.15) is 16.8 Å². The number of likely N-dealkylation sites (N-methyl/N-ethyl adjacent to an activating group) is 1. The lowest BCUT2D eigenvalue weighted by molar-refractivity contribution is -0.782. The summed E-state index contributed by atoms with van der Waals surface area (Å²) < 4.78 is 4.47. The Morgan fingerprint density at radius 2 is 2.24 bits per heavy atom. The van der Waals surface area contributed by atoms with Crippen LogP contribution in [0.5, 0.6) is 0 Å². The van der Waals surface area contributed by atoms with Crippen LogP contribution >= 0.6 is 0 Å². The molecule has 4 rings (SSSR count). The number of nitrogens with one attached hydrogen (secondary N) is 1. The van der Waals surface area contributed by atoms with Crippen molar-refractivity contribution in [2.24, 2.45) is 0 Å². The Labute approximate surface area is 141 Å². The average Bonchev–Trinajstić information content (AvgIpc) is 3.17. The molecule has 0 radical (unpaired) electrons. The Hall–Kier alpha value is -3.17. The van der Waals surface area contributed by atoms with E-state index in [9.17, 15) is 19.6 Å². The molecule has 0 saturated carbocycles. The van der Waals surface area contributed by atoms with Crippen molar-refractivity contribution < 1.29 is 23.9 Å². The molecule has 1 aromatic carbocycles. The van der Waals surface area contributed by atoms with Crippen molar-refractivity contribution in [3.8, 4) is 0 Å². The molecule has 0 bridgehead atoms. The van der Waals surface area contributed by atoms with Gasteiger partial charge in [0.15, 0.2) is 0 Å². The third-order valence-corrected chi connectivity index (χ3v) is 4.64. The van der Waals surface area contributed by atoms with Gasteiger partial charge in [-0.3, -0.25) is 19.0 Å². The number of rotatable bonds is 2. The zero-order chi connectivity index (χ0) is 17.7. The molecule has 1 aromatic heterocycles. The molecule has 0 spiro atoms. The second kappa shape index (κ2) is 5.43. The van der Waals surface area contributed by atoms with Gasteiger partial charge in [0.05, 0.1) is 6.54 Å². The SMILES string of the molecule is CN1CC(=O)N2C[C@@H](NC(=O)c3ccc4c(c3)no[n+]4[O-])C[C@H]2C1=O. The fourth-order valence-corrected chi connectivity index (χ4v) is 3.36. The lowest BCUT2D eigenvalue weighted by Gasteiger charge is -2.33. The summed E-state index contributed by atoms with van der Waals surface area (Å²) in [5.74, 6) is -0.589. The highest BCUT2D eigenvalue weighted by molar-refractivity contribution is 5.98. The molecule has 10 heteroatoms. The van der Waals surface area contributed by atoms with Crippen LogP contribution in [0, 0.1) is 5.21 Å². The molecule has 2 atom stereocenters. The second-order valence-corrected chi connectivity index (χ2v) is 6.30. The predicted octanol–water partition coefficient (Wildman–Crippen LogP) is -1.37. The van der Waals surface area contributed by atoms with Crippen LogP contribution in [-0.4, -0.2) is 64.9 Å². The van der Waals surface area contributed by atoms with Crippen molar-refractivity contribution >= 4 is 28.8 Å². The average molecular weight is 345 g/mol. The monoisotopic (exact) mass is 345 g/mol. The number of amides is 3. The maximum absolute atomic E-state index is 12.4.